The largest absolute Gasteiger partial charge is 0.394 e. The summed E-state index contributed by atoms with van der Waals surface area (Å²) in [5.41, 5.74) is 8.07. The molecule has 2 aliphatic rings. The lowest BCUT2D eigenvalue weighted by molar-refractivity contribution is 0.335. The molecule has 1 heterocycles. The molecule has 0 aliphatic heterocycles. The molecule has 1 aromatic rings. The van der Waals surface area contributed by atoms with Gasteiger partial charge >= 0.3 is 0 Å². The van der Waals surface area contributed by atoms with Crippen molar-refractivity contribution in [3.8, 4) is 0 Å². The fourth-order valence-corrected chi connectivity index (χ4v) is 4.33. The van der Waals surface area contributed by atoms with Gasteiger partial charge < -0.3 is 10.6 Å². The third-order valence-electron chi connectivity index (χ3n) is 5.35. The fourth-order valence-electron chi connectivity index (χ4n) is 4.33. The average molecular weight is 276 g/mol. The van der Waals surface area contributed by atoms with E-state index >= 15 is 0 Å². The Labute approximate surface area is 122 Å². The molecule has 2 aliphatic carbocycles. The van der Waals surface area contributed by atoms with Crippen molar-refractivity contribution in [2.24, 2.45) is 17.8 Å². The predicted molar refractivity (Wildman–Crippen MR) is 84.0 cm³/mol. The van der Waals surface area contributed by atoms with Gasteiger partial charge in [-0.05, 0) is 57.8 Å². The van der Waals surface area contributed by atoms with Crippen LogP contribution >= 0.6 is 0 Å². The highest BCUT2D eigenvalue weighted by atomic mass is 15.4. The zero-order chi connectivity index (χ0) is 14.4. The minimum atomic E-state index is 0.350. The van der Waals surface area contributed by atoms with Crippen LogP contribution in [0, 0.1) is 24.7 Å². The summed E-state index contributed by atoms with van der Waals surface area (Å²) in [6, 6.07) is 0.350. The predicted octanol–water partition coefficient (Wildman–Crippen LogP) is 3.23. The van der Waals surface area contributed by atoms with Crippen molar-refractivity contribution in [3.63, 3.8) is 0 Å². The number of rotatable bonds is 4. The molecule has 3 unspecified atom stereocenters. The van der Waals surface area contributed by atoms with Crippen LogP contribution in [0.1, 0.15) is 51.3 Å². The number of aryl methyl sites for hydroxylation is 1. The maximum absolute atomic E-state index is 6.27. The minimum absolute atomic E-state index is 0.350. The molecule has 112 valence electrons. The smallest absolute Gasteiger partial charge is 0.150 e. The van der Waals surface area contributed by atoms with Crippen molar-refractivity contribution in [2.45, 2.75) is 52.5 Å². The second kappa shape index (κ2) is 4.97. The molecule has 20 heavy (non-hydrogen) atoms. The number of fused-ring (bicyclic) bond motifs is 2. The maximum atomic E-state index is 6.27. The monoisotopic (exact) mass is 276 g/mol. The van der Waals surface area contributed by atoms with Crippen LogP contribution in [-0.4, -0.2) is 23.4 Å². The van der Waals surface area contributed by atoms with Crippen molar-refractivity contribution >= 4 is 11.5 Å². The second-order valence-corrected chi connectivity index (χ2v) is 7.18. The molecule has 4 nitrogen and oxygen atoms in total. The molecule has 0 amide bonds. The second-order valence-electron chi connectivity index (χ2n) is 7.18. The van der Waals surface area contributed by atoms with Crippen LogP contribution in [0.15, 0.2) is 0 Å². The van der Waals surface area contributed by atoms with Crippen LogP contribution in [0.2, 0.25) is 0 Å². The fraction of sp³-hybridized carbons (Fsp3) is 0.812. The molecule has 0 spiro atoms. The summed E-state index contributed by atoms with van der Waals surface area (Å²) < 4.78 is 2.08. The first-order chi connectivity index (χ1) is 9.47. The Morgan fingerprint density at radius 3 is 2.65 bits per heavy atom. The van der Waals surface area contributed by atoms with E-state index in [1.807, 2.05) is 6.92 Å². The van der Waals surface area contributed by atoms with Gasteiger partial charge in [0.25, 0.3) is 0 Å². The van der Waals surface area contributed by atoms with Crippen LogP contribution in [-0.2, 0) is 0 Å². The first-order valence-electron chi connectivity index (χ1n) is 8.03. The number of hydrogen-bond donors (Lipinski definition) is 1. The molecular formula is C16H28N4. The molecule has 0 radical (unpaired) electrons. The van der Waals surface area contributed by atoms with E-state index in [1.165, 1.54) is 25.7 Å². The van der Waals surface area contributed by atoms with Gasteiger partial charge in [-0.15, -0.1) is 0 Å². The molecule has 2 bridgehead atoms. The van der Waals surface area contributed by atoms with Crippen molar-refractivity contribution in [2.75, 3.05) is 24.2 Å². The lowest BCUT2D eigenvalue weighted by Gasteiger charge is -2.29. The summed E-state index contributed by atoms with van der Waals surface area (Å²) in [6.45, 7) is 7.47. The maximum Gasteiger partial charge on any atom is 0.150 e. The number of anilines is 2. The molecule has 4 heteroatoms. The van der Waals surface area contributed by atoms with Crippen molar-refractivity contribution in [1.82, 2.24) is 9.78 Å². The summed E-state index contributed by atoms with van der Waals surface area (Å²) in [5.74, 6) is 3.93. The molecule has 0 saturated heterocycles. The summed E-state index contributed by atoms with van der Waals surface area (Å²) >= 11 is 0. The quantitative estimate of drug-likeness (QED) is 0.918. The lowest BCUT2D eigenvalue weighted by Crippen LogP contribution is -2.31. The standard InChI is InChI=1S/C16H28N4/c1-10(2)20-16(15(17)11(3)18-20)19(4)9-14-8-12-5-6-13(14)7-12/h10,12-14H,5-9,17H2,1-4H3. The Hall–Kier alpha value is -1.19. The van der Waals surface area contributed by atoms with Crippen LogP contribution in [0.5, 0.6) is 0 Å². The van der Waals surface area contributed by atoms with Gasteiger partial charge in [0.1, 0.15) is 0 Å². The van der Waals surface area contributed by atoms with Gasteiger partial charge in [-0.1, -0.05) is 6.42 Å². The van der Waals surface area contributed by atoms with Crippen molar-refractivity contribution in [1.29, 1.82) is 0 Å². The normalized spacial score (nSPS) is 28.6. The summed E-state index contributed by atoms with van der Waals surface area (Å²) in [7, 11) is 2.18. The third kappa shape index (κ3) is 2.19. The molecule has 2 fully saturated rings. The van der Waals surface area contributed by atoms with Crippen LogP contribution in [0.4, 0.5) is 11.5 Å². The summed E-state index contributed by atoms with van der Waals surface area (Å²) in [6.07, 6.45) is 5.80. The highest BCUT2D eigenvalue weighted by Crippen LogP contribution is 2.48. The van der Waals surface area contributed by atoms with E-state index in [0.717, 1.165) is 41.5 Å². The summed E-state index contributed by atoms with van der Waals surface area (Å²) in [5, 5.41) is 4.60. The zero-order valence-corrected chi connectivity index (χ0v) is 13.3. The van der Waals surface area contributed by atoms with E-state index in [9.17, 15) is 0 Å². The van der Waals surface area contributed by atoms with E-state index < -0.39 is 0 Å². The number of nitrogens with two attached hydrogens (primary N) is 1. The average Bonchev–Trinajstić information content (AvgIpc) is 3.05. The minimum Gasteiger partial charge on any atom is -0.394 e. The topological polar surface area (TPSA) is 47.1 Å². The first-order valence-corrected chi connectivity index (χ1v) is 8.03. The van der Waals surface area contributed by atoms with E-state index in [1.54, 1.807) is 0 Å². The third-order valence-corrected chi connectivity index (χ3v) is 5.35. The van der Waals surface area contributed by atoms with E-state index in [0.29, 0.717) is 6.04 Å². The Balaban J connectivity index is 1.78. The van der Waals surface area contributed by atoms with Gasteiger partial charge in [0.15, 0.2) is 5.82 Å². The van der Waals surface area contributed by atoms with Gasteiger partial charge in [0.05, 0.1) is 11.4 Å². The molecule has 0 aromatic carbocycles. The number of hydrogen-bond acceptors (Lipinski definition) is 3. The summed E-state index contributed by atoms with van der Waals surface area (Å²) in [4.78, 5) is 2.35. The number of aromatic nitrogens is 2. The molecule has 2 saturated carbocycles. The van der Waals surface area contributed by atoms with Gasteiger partial charge in [-0.25, -0.2) is 4.68 Å². The molecule has 3 atom stereocenters. The highest BCUT2D eigenvalue weighted by molar-refractivity contribution is 5.66. The van der Waals surface area contributed by atoms with Gasteiger partial charge in [0.2, 0.25) is 0 Å². The molecule has 1 aromatic heterocycles. The Morgan fingerprint density at radius 2 is 2.10 bits per heavy atom. The molecule has 2 N–H and O–H groups in total. The van der Waals surface area contributed by atoms with Crippen molar-refractivity contribution < 1.29 is 0 Å². The number of nitrogen functional groups attached to an aromatic ring is 1. The Kier molecular flexibility index (Phi) is 3.43. The Bertz CT molecular complexity index is 491. The van der Waals surface area contributed by atoms with E-state index in [-0.39, 0.29) is 0 Å². The van der Waals surface area contributed by atoms with Crippen molar-refractivity contribution in [3.05, 3.63) is 5.69 Å². The first kappa shape index (κ1) is 13.8. The highest BCUT2D eigenvalue weighted by Gasteiger charge is 2.40. The Morgan fingerprint density at radius 1 is 1.35 bits per heavy atom. The van der Waals surface area contributed by atoms with Gasteiger partial charge in [-0.2, -0.15) is 5.10 Å². The van der Waals surface area contributed by atoms with Crippen LogP contribution in [0.3, 0.4) is 0 Å². The van der Waals surface area contributed by atoms with E-state index in [4.69, 9.17) is 5.73 Å². The molecular weight excluding hydrogens is 248 g/mol. The van der Waals surface area contributed by atoms with Gasteiger partial charge in [0, 0.05) is 19.6 Å². The van der Waals surface area contributed by atoms with Gasteiger partial charge in [-0.3, -0.25) is 0 Å². The van der Waals surface area contributed by atoms with Crippen LogP contribution in [0.25, 0.3) is 0 Å². The van der Waals surface area contributed by atoms with Crippen LogP contribution < -0.4 is 10.6 Å². The lowest BCUT2D eigenvalue weighted by atomic mass is 9.88. The SMILES string of the molecule is Cc1nn(C(C)C)c(N(C)CC2CC3CCC2C3)c1N. The zero-order valence-electron chi connectivity index (χ0n) is 13.3. The molecule has 3 rings (SSSR count). The number of nitrogens with zero attached hydrogens (tertiary/aromatic N) is 3. The van der Waals surface area contributed by atoms with E-state index in [2.05, 4.69) is 35.6 Å².